The summed E-state index contributed by atoms with van der Waals surface area (Å²) in [6.07, 6.45) is 6.73. The van der Waals surface area contributed by atoms with Crippen LogP contribution >= 0.6 is 0 Å². The predicted octanol–water partition coefficient (Wildman–Crippen LogP) is 1.25. The number of hydrogen-bond donors (Lipinski definition) is 3. The number of hydrogen-bond acceptors (Lipinski definition) is 5. The molecule has 0 saturated heterocycles. The lowest BCUT2D eigenvalue weighted by Crippen LogP contribution is -2.47. The van der Waals surface area contributed by atoms with Crippen LogP contribution in [0.1, 0.15) is 31.1 Å². The average Bonchev–Trinajstić information content (AvgIpc) is 3.11. The number of aliphatic hydroxyl groups is 1. The van der Waals surface area contributed by atoms with Crippen molar-refractivity contribution >= 4 is 17.1 Å². The summed E-state index contributed by atoms with van der Waals surface area (Å²) in [4.78, 5) is 24.3. The molecule has 0 aromatic carbocycles. The van der Waals surface area contributed by atoms with E-state index in [0.717, 1.165) is 5.56 Å². The third kappa shape index (κ3) is 3.00. The fourth-order valence-electron chi connectivity index (χ4n) is 2.21. The fraction of sp³-hybridized carbons (Fsp3) is 0.375. The van der Waals surface area contributed by atoms with Crippen LogP contribution in [-0.2, 0) is 7.05 Å². The molecule has 1 atom stereocenters. The predicted molar refractivity (Wildman–Crippen MR) is 89.3 cm³/mol. The molecule has 0 fully saturated rings. The molecule has 0 unspecified atom stereocenters. The molecule has 3 rings (SSSR count). The first-order chi connectivity index (χ1) is 11.3. The van der Waals surface area contributed by atoms with E-state index in [0.29, 0.717) is 22.4 Å². The zero-order valence-electron chi connectivity index (χ0n) is 14.0. The lowest BCUT2D eigenvalue weighted by Gasteiger charge is -2.26. The van der Waals surface area contributed by atoms with E-state index >= 15 is 0 Å². The first-order valence-corrected chi connectivity index (χ1v) is 7.62. The van der Waals surface area contributed by atoms with Crippen molar-refractivity contribution in [2.75, 3.05) is 0 Å². The topological polar surface area (TPSA) is 109 Å². The van der Waals surface area contributed by atoms with Gasteiger partial charge in [0.1, 0.15) is 5.52 Å². The number of amides is 1. The summed E-state index contributed by atoms with van der Waals surface area (Å²) >= 11 is 0. The molecule has 0 radical (unpaired) electrons. The highest BCUT2D eigenvalue weighted by molar-refractivity contribution is 6.04. The second kappa shape index (κ2) is 5.72. The van der Waals surface area contributed by atoms with Gasteiger partial charge in [0.2, 0.25) is 0 Å². The van der Waals surface area contributed by atoms with Crippen molar-refractivity contribution in [2.24, 2.45) is 7.05 Å². The molecular weight excluding hydrogens is 308 g/mol. The lowest BCUT2D eigenvalue weighted by atomic mass is 10.0. The van der Waals surface area contributed by atoms with Gasteiger partial charge in [0, 0.05) is 25.0 Å². The zero-order valence-corrected chi connectivity index (χ0v) is 14.0. The molecular formula is C16H20N6O2. The van der Waals surface area contributed by atoms with Crippen molar-refractivity contribution < 1.29 is 9.90 Å². The number of H-pyrrole nitrogens is 1. The van der Waals surface area contributed by atoms with E-state index in [1.54, 1.807) is 44.0 Å². The third-order valence-corrected chi connectivity index (χ3v) is 4.03. The molecule has 8 nitrogen and oxygen atoms in total. The van der Waals surface area contributed by atoms with Crippen molar-refractivity contribution in [2.45, 2.75) is 32.4 Å². The van der Waals surface area contributed by atoms with Gasteiger partial charge < -0.3 is 15.4 Å². The second-order valence-corrected chi connectivity index (χ2v) is 6.41. The first kappa shape index (κ1) is 16.1. The Labute approximate surface area is 138 Å². The van der Waals surface area contributed by atoms with Crippen LogP contribution in [-0.4, -0.2) is 47.4 Å². The quantitative estimate of drug-likeness (QED) is 0.668. The van der Waals surface area contributed by atoms with Gasteiger partial charge in [-0.25, -0.2) is 9.97 Å². The van der Waals surface area contributed by atoms with Crippen molar-refractivity contribution in [1.82, 2.24) is 30.0 Å². The molecule has 0 bridgehead atoms. The van der Waals surface area contributed by atoms with Gasteiger partial charge in [-0.15, -0.1) is 0 Å². The fourth-order valence-corrected chi connectivity index (χ4v) is 2.21. The van der Waals surface area contributed by atoms with E-state index in [1.807, 2.05) is 13.2 Å². The number of aromatic nitrogens is 5. The smallest absolute Gasteiger partial charge is 0.255 e. The normalized spacial score (nSPS) is 13.2. The zero-order chi connectivity index (χ0) is 17.5. The van der Waals surface area contributed by atoms with Gasteiger partial charge in [-0.05, 0) is 20.8 Å². The molecule has 3 aromatic rings. The molecule has 24 heavy (non-hydrogen) atoms. The Balaban J connectivity index is 1.95. The Morgan fingerprint density at radius 1 is 1.42 bits per heavy atom. The second-order valence-electron chi connectivity index (χ2n) is 6.41. The minimum absolute atomic E-state index is 0.312. The van der Waals surface area contributed by atoms with Crippen LogP contribution in [0.5, 0.6) is 0 Å². The summed E-state index contributed by atoms with van der Waals surface area (Å²) in [6.45, 7) is 5.04. The van der Waals surface area contributed by atoms with Crippen molar-refractivity contribution in [3.8, 4) is 11.3 Å². The molecule has 8 heteroatoms. The largest absolute Gasteiger partial charge is 0.388 e. The lowest BCUT2D eigenvalue weighted by molar-refractivity contribution is 0.0409. The van der Waals surface area contributed by atoms with Gasteiger partial charge in [0.05, 0.1) is 35.3 Å². The van der Waals surface area contributed by atoms with Crippen molar-refractivity contribution in [1.29, 1.82) is 0 Å². The van der Waals surface area contributed by atoms with Crippen LogP contribution in [0.15, 0.2) is 24.8 Å². The Morgan fingerprint density at radius 2 is 2.17 bits per heavy atom. The van der Waals surface area contributed by atoms with Crippen LogP contribution in [0.4, 0.5) is 0 Å². The summed E-state index contributed by atoms with van der Waals surface area (Å²) in [5.41, 5.74) is 1.85. The molecule has 0 aliphatic carbocycles. The van der Waals surface area contributed by atoms with Gasteiger partial charge in [0.25, 0.3) is 5.91 Å². The highest BCUT2D eigenvalue weighted by Gasteiger charge is 2.25. The summed E-state index contributed by atoms with van der Waals surface area (Å²) in [6, 6.07) is -0.413. The molecule has 126 valence electrons. The molecule has 0 saturated carbocycles. The average molecular weight is 328 g/mol. The number of carbonyl (C=O) groups is 1. The van der Waals surface area contributed by atoms with Gasteiger partial charge in [0.15, 0.2) is 5.65 Å². The minimum atomic E-state index is -1.02. The monoisotopic (exact) mass is 328 g/mol. The first-order valence-electron chi connectivity index (χ1n) is 7.62. The number of carbonyl (C=O) groups excluding carboxylic acids is 1. The number of aromatic amines is 1. The Kier molecular flexibility index (Phi) is 3.84. The molecule has 1 amide bonds. The van der Waals surface area contributed by atoms with Crippen LogP contribution in [0.2, 0.25) is 0 Å². The highest BCUT2D eigenvalue weighted by Crippen LogP contribution is 2.21. The molecule has 3 aromatic heterocycles. The molecule has 0 aliphatic heterocycles. The summed E-state index contributed by atoms with van der Waals surface area (Å²) in [5.74, 6) is -0.312. The SMILES string of the molecule is C[C@@H](NC(=O)c1c[nH]c2ncc(-c3cnn(C)c3)nc12)C(C)(C)O. The molecule has 3 N–H and O–H groups in total. The van der Waals surface area contributed by atoms with E-state index in [1.165, 1.54) is 0 Å². The third-order valence-electron chi connectivity index (χ3n) is 4.03. The Hall–Kier alpha value is -2.74. The van der Waals surface area contributed by atoms with Crippen molar-refractivity contribution in [3.05, 3.63) is 30.4 Å². The number of nitrogens with zero attached hydrogens (tertiary/aromatic N) is 4. The number of aryl methyl sites for hydroxylation is 1. The van der Waals surface area contributed by atoms with Crippen LogP contribution in [0.3, 0.4) is 0 Å². The standard InChI is InChI=1S/C16H20N6O2/c1-9(16(2,3)24)20-15(23)11-6-17-14-13(11)21-12(7-18-14)10-5-19-22(4)8-10/h5-9,24H,1-4H3,(H,17,18)(H,20,23)/t9-/m1/s1. The van der Waals surface area contributed by atoms with E-state index in [9.17, 15) is 9.90 Å². The van der Waals surface area contributed by atoms with Gasteiger partial charge >= 0.3 is 0 Å². The van der Waals surface area contributed by atoms with Gasteiger partial charge in [-0.2, -0.15) is 5.10 Å². The van der Waals surface area contributed by atoms with Crippen molar-refractivity contribution in [3.63, 3.8) is 0 Å². The number of rotatable bonds is 4. The Morgan fingerprint density at radius 3 is 2.79 bits per heavy atom. The van der Waals surface area contributed by atoms with E-state index in [-0.39, 0.29) is 5.91 Å². The van der Waals surface area contributed by atoms with E-state index in [4.69, 9.17) is 0 Å². The maximum Gasteiger partial charge on any atom is 0.255 e. The molecule has 0 aliphatic rings. The molecule has 3 heterocycles. The van der Waals surface area contributed by atoms with Gasteiger partial charge in [-0.3, -0.25) is 9.48 Å². The van der Waals surface area contributed by atoms with Crippen LogP contribution in [0.25, 0.3) is 22.4 Å². The number of nitrogens with one attached hydrogen (secondary N) is 2. The Bertz CT molecular complexity index is 889. The molecule has 0 spiro atoms. The van der Waals surface area contributed by atoms with Gasteiger partial charge in [-0.1, -0.05) is 0 Å². The number of fused-ring (bicyclic) bond motifs is 1. The summed E-state index contributed by atoms with van der Waals surface area (Å²) < 4.78 is 1.68. The maximum absolute atomic E-state index is 12.5. The maximum atomic E-state index is 12.5. The summed E-state index contributed by atoms with van der Waals surface area (Å²) in [5, 5.41) is 16.9. The minimum Gasteiger partial charge on any atom is -0.388 e. The van der Waals surface area contributed by atoms with E-state index in [2.05, 4.69) is 25.4 Å². The van der Waals surface area contributed by atoms with Crippen LogP contribution < -0.4 is 5.32 Å². The highest BCUT2D eigenvalue weighted by atomic mass is 16.3. The summed E-state index contributed by atoms with van der Waals surface area (Å²) in [7, 11) is 1.82. The van der Waals surface area contributed by atoms with E-state index < -0.39 is 11.6 Å². The van der Waals surface area contributed by atoms with Crippen LogP contribution in [0, 0.1) is 0 Å².